The summed E-state index contributed by atoms with van der Waals surface area (Å²) in [7, 11) is 0. The Morgan fingerprint density at radius 3 is 1.75 bits per heavy atom. The molecule has 4 aromatic carbocycles. The fourth-order valence-corrected chi connectivity index (χ4v) is 5.33. The van der Waals surface area contributed by atoms with Crippen LogP contribution in [-0.2, 0) is 17.1 Å². The van der Waals surface area contributed by atoms with E-state index < -0.39 is 51.2 Å². The Kier molecular flexibility index (Phi) is 10.5. The highest BCUT2D eigenvalue weighted by Gasteiger charge is 2.36. The average Bonchev–Trinajstić information content (AvgIpc) is 3.64. The van der Waals surface area contributed by atoms with Crippen LogP contribution in [0.1, 0.15) is 43.0 Å². The summed E-state index contributed by atoms with van der Waals surface area (Å²) < 4.78 is 84.7. The quantitative estimate of drug-likeness (QED) is 0.0986. The summed E-state index contributed by atoms with van der Waals surface area (Å²) >= 11 is 0. The maximum absolute atomic E-state index is 13.3. The smallest absolute Gasteiger partial charge is 0.422 e. The molecule has 288 valence electrons. The minimum absolute atomic E-state index is 0.0564. The second-order valence-corrected chi connectivity index (χ2v) is 12.9. The van der Waals surface area contributed by atoms with Crippen LogP contribution in [0.15, 0.2) is 84.9 Å². The number of nitrogens with zero attached hydrogens (tertiary/aromatic N) is 7. The number of carbonyl (C=O) groups excluding carboxylic acids is 1. The van der Waals surface area contributed by atoms with Gasteiger partial charge in [-0.15, -0.1) is 0 Å². The van der Waals surface area contributed by atoms with Crippen molar-refractivity contribution in [2.75, 3.05) is 10.2 Å². The lowest BCUT2D eigenvalue weighted by Gasteiger charge is -2.26. The van der Waals surface area contributed by atoms with Crippen LogP contribution in [-0.4, -0.2) is 41.1 Å². The lowest BCUT2D eigenvalue weighted by atomic mass is 10.2. The second kappa shape index (κ2) is 14.6. The van der Waals surface area contributed by atoms with E-state index in [9.17, 15) is 51.4 Å². The molecule has 14 nitrogen and oxygen atoms in total. The molecule has 0 saturated heterocycles. The van der Waals surface area contributed by atoms with E-state index in [1.54, 1.807) is 58.9 Å². The zero-order valence-electron chi connectivity index (χ0n) is 29.4. The van der Waals surface area contributed by atoms with Crippen molar-refractivity contribution in [2.45, 2.75) is 52.6 Å². The van der Waals surface area contributed by atoms with Crippen LogP contribution in [0.3, 0.4) is 0 Å². The van der Waals surface area contributed by atoms with Crippen LogP contribution < -0.4 is 10.2 Å². The third-order valence-electron chi connectivity index (χ3n) is 7.69. The van der Waals surface area contributed by atoms with Crippen molar-refractivity contribution in [3.8, 4) is 0 Å². The minimum atomic E-state index is -4.69. The van der Waals surface area contributed by atoms with Gasteiger partial charge in [0.05, 0.1) is 16.8 Å². The number of fused-ring (bicyclic) bond motifs is 2. The highest BCUT2D eigenvalue weighted by atomic mass is 19.4. The summed E-state index contributed by atoms with van der Waals surface area (Å²) in [5.74, 6) is -0.661. The highest BCUT2D eigenvalue weighted by molar-refractivity contribution is 5.96. The first kappa shape index (κ1) is 39.5. The van der Waals surface area contributed by atoms with Gasteiger partial charge in [0.1, 0.15) is 27.7 Å². The Morgan fingerprint density at radius 2 is 1.22 bits per heavy atom. The third-order valence-corrected chi connectivity index (χ3v) is 7.69. The van der Waals surface area contributed by atoms with Gasteiger partial charge in [-0.2, -0.15) is 26.3 Å². The molecule has 0 fully saturated rings. The Bertz CT molecular complexity index is 2430. The van der Waals surface area contributed by atoms with Crippen LogP contribution >= 0.6 is 0 Å². The van der Waals surface area contributed by atoms with Crippen LogP contribution in [0.4, 0.5) is 54.4 Å². The number of imidazole rings is 2. The van der Waals surface area contributed by atoms with E-state index in [4.69, 9.17) is 4.74 Å². The standard InChI is InChI=1S/C20H19F3N4O4.C15H11F3N4O2/c1-12-7-5-10-15-16(12)24-17(26(15)27(29)30)25(18(28)31-19(2,3)4)14-9-6-8-13(11-14)20(21,22)23;1-9-4-2-7-12-13(9)20-14(21(12)22(23)24)19-11-6-3-5-10(8-11)15(16,17)18/h5-11H,1-4H3;2-8H,1H3,(H,19,20). The molecular formula is C35H30F6N8O6. The Balaban J connectivity index is 0.000000218. The van der Waals surface area contributed by atoms with Crippen molar-refractivity contribution in [2.24, 2.45) is 0 Å². The summed E-state index contributed by atoms with van der Waals surface area (Å²) in [5, 5.41) is 24.3. The van der Waals surface area contributed by atoms with Crippen LogP contribution in [0, 0.1) is 34.1 Å². The van der Waals surface area contributed by atoms with Gasteiger partial charge in [-0.3, -0.25) is 0 Å². The van der Waals surface area contributed by atoms with E-state index >= 15 is 0 Å². The van der Waals surface area contributed by atoms with Gasteiger partial charge in [0, 0.05) is 5.69 Å². The number of anilines is 4. The molecule has 0 unspecified atom stereocenters. The molecular weight excluding hydrogens is 742 g/mol. The van der Waals surface area contributed by atoms with Gasteiger partial charge in [-0.05, 0) is 104 Å². The Hall–Kier alpha value is -6.73. The molecule has 0 atom stereocenters. The monoisotopic (exact) mass is 772 g/mol. The molecule has 20 heteroatoms. The van der Waals surface area contributed by atoms with Crippen LogP contribution in [0.25, 0.3) is 22.1 Å². The largest absolute Gasteiger partial charge is 0.443 e. The third kappa shape index (κ3) is 8.58. The van der Waals surface area contributed by atoms with E-state index in [0.717, 1.165) is 29.8 Å². The molecule has 0 aliphatic rings. The van der Waals surface area contributed by atoms with E-state index in [1.807, 2.05) is 0 Å². The summed E-state index contributed by atoms with van der Waals surface area (Å²) in [6.45, 7) is 8.11. The Morgan fingerprint density at radius 1 is 0.727 bits per heavy atom. The van der Waals surface area contributed by atoms with Crippen molar-refractivity contribution >= 4 is 51.4 Å². The first-order valence-electron chi connectivity index (χ1n) is 16.0. The molecule has 0 bridgehead atoms. The molecule has 0 radical (unpaired) electrons. The lowest BCUT2D eigenvalue weighted by molar-refractivity contribution is -0.535. The maximum Gasteiger partial charge on any atom is 0.422 e. The number of carbonyl (C=O) groups is 1. The first-order chi connectivity index (χ1) is 25.6. The van der Waals surface area contributed by atoms with E-state index in [-0.39, 0.29) is 33.9 Å². The minimum Gasteiger partial charge on any atom is -0.443 e. The predicted octanol–water partition coefficient (Wildman–Crippen LogP) is 9.62. The SMILES string of the molecule is Cc1cccc2c1nc(N(C(=O)OC(C)(C)C)c1cccc(C(F)(F)F)c1)n2[N+](=O)[O-].Cc1cccc2c1nc(Nc1cccc(C(F)(F)F)c1)n2[N+](=O)[O-]. The number of rotatable bonds is 6. The molecule has 0 spiro atoms. The van der Waals surface area contributed by atoms with Gasteiger partial charge in [-0.1, -0.05) is 36.4 Å². The number of nitro groups is 2. The molecule has 6 rings (SSSR count). The molecule has 6 aromatic rings. The number of para-hydroxylation sites is 2. The van der Waals surface area contributed by atoms with Crippen molar-refractivity contribution in [1.29, 1.82) is 0 Å². The van der Waals surface area contributed by atoms with Crippen molar-refractivity contribution in [3.63, 3.8) is 0 Å². The molecule has 0 aliphatic heterocycles. The van der Waals surface area contributed by atoms with Gasteiger partial charge in [0.2, 0.25) is 0 Å². The fraction of sp³-hybridized carbons (Fsp3) is 0.229. The molecule has 2 heterocycles. The van der Waals surface area contributed by atoms with E-state index in [1.165, 1.54) is 30.3 Å². The van der Waals surface area contributed by atoms with Crippen molar-refractivity contribution in [3.05, 3.63) is 127 Å². The molecule has 2 aromatic heterocycles. The number of ether oxygens (including phenoxy) is 1. The number of aromatic nitrogens is 4. The first-order valence-corrected chi connectivity index (χ1v) is 16.0. The predicted molar refractivity (Wildman–Crippen MR) is 188 cm³/mol. The van der Waals surface area contributed by atoms with E-state index in [0.29, 0.717) is 31.4 Å². The number of amides is 1. The number of alkyl halides is 6. The zero-order chi connectivity index (χ0) is 40.6. The zero-order valence-corrected chi connectivity index (χ0v) is 29.4. The number of nitrogens with one attached hydrogen (secondary N) is 1. The normalized spacial score (nSPS) is 11.9. The number of benzene rings is 4. The molecule has 55 heavy (non-hydrogen) atoms. The summed E-state index contributed by atoms with van der Waals surface area (Å²) in [5.41, 5.74) is -0.827. The number of hydrogen-bond acceptors (Lipinski definition) is 9. The van der Waals surface area contributed by atoms with Gasteiger partial charge in [0.15, 0.2) is 10.1 Å². The Labute approximate surface area is 306 Å². The number of halogens is 6. The molecule has 1 N–H and O–H groups in total. The van der Waals surface area contributed by atoms with Crippen molar-refractivity contribution < 1.29 is 45.9 Å². The summed E-state index contributed by atoms with van der Waals surface area (Å²) in [6.07, 6.45) is -10.3. The van der Waals surface area contributed by atoms with Crippen LogP contribution in [0.5, 0.6) is 0 Å². The van der Waals surface area contributed by atoms with Gasteiger partial charge in [0.25, 0.3) is 11.9 Å². The number of aryl methyl sites for hydroxylation is 2. The van der Waals surface area contributed by atoms with Gasteiger partial charge in [-0.25, -0.2) is 39.9 Å². The highest BCUT2D eigenvalue weighted by Crippen LogP contribution is 2.36. The topological polar surface area (TPSA) is 163 Å². The van der Waals surface area contributed by atoms with Gasteiger partial charge < -0.3 is 10.1 Å². The summed E-state index contributed by atoms with van der Waals surface area (Å²) in [6, 6.07) is 17.8. The molecule has 0 aliphatic carbocycles. The van der Waals surface area contributed by atoms with Crippen LogP contribution in [0.2, 0.25) is 0 Å². The number of hydrogen-bond donors (Lipinski definition) is 1. The lowest BCUT2D eigenvalue weighted by Crippen LogP contribution is -2.36. The van der Waals surface area contributed by atoms with E-state index in [2.05, 4.69) is 15.3 Å². The second-order valence-electron chi connectivity index (χ2n) is 12.9. The fourth-order valence-electron chi connectivity index (χ4n) is 5.33. The average molecular weight is 773 g/mol. The summed E-state index contributed by atoms with van der Waals surface area (Å²) in [4.78, 5) is 45.2. The molecule has 1 amide bonds. The maximum atomic E-state index is 13.3. The molecule has 0 saturated carbocycles. The van der Waals surface area contributed by atoms with Crippen molar-refractivity contribution in [1.82, 2.24) is 19.3 Å². The van der Waals surface area contributed by atoms with Gasteiger partial charge >= 0.3 is 18.4 Å².